The molecule has 2 aromatic heterocycles. The lowest BCUT2D eigenvalue weighted by molar-refractivity contribution is -0.131. The van der Waals surface area contributed by atoms with Crippen LogP contribution in [0.4, 0.5) is 11.5 Å². The van der Waals surface area contributed by atoms with Gasteiger partial charge in [-0.25, -0.2) is 14.8 Å². The smallest absolute Gasteiger partial charge is 0.328 e. The number of carbonyl (C=O) groups is 2. The van der Waals surface area contributed by atoms with Crippen LogP contribution in [0, 0.1) is 0 Å². The Bertz CT molecular complexity index is 1630. The zero-order valence-corrected chi connectivity index (χ0v) is 20.6. The largest absolute Gasteiger partial charge is 0.478 e. The van der Waals surface area contributed by atoms with E-state index in [9.17, 15) is 14.7 Å². The summed E-state index contributed by atoms with van der Waals surface area (Å²) < 4.78 is 6.26. The zero-order chi connectivity index (χ0) is 27.2. The first-order valence-corrected chi connectivity index (χ1v) is 12.1. The molecule has 0 bridgehead atoms. The minimum Gasteiger partial charge on any atom is -0.478 e. The van der Waals surface area contributed by atoms with Gasteiger partial charge in [-0.2, -0.15) is 0 Å². The van der Waals surface area contributed by atoms with Gasteiger partial charge in [-0.15, -0.1) is 0 Å². The summed E-state index contributed by atoms with van der Waals surface area (Å²) in [7, 11) is 0. The predicted molar refractivity (Wildman–Crippen MR) is 148 cm³/mol. The molecule has 0 spiro atoms. The molecule has 0 aliphatic heterocycles. The molecule has 0 saturated heterocycles. The lowest BCUT2D eigenvalue weighted by atomic mass is 9.98. The maximum atomic E-state index is 12.0. The minimum atomic E-state index is -1.21. The number of aliphatic carboxylic acids is 1. The zero-order valence-electron chi connectivity index (χ0n) is 20.6. The fourth-order valence-electron chi connectivity index (χ4n) is 4.25. The number of hydrogen-bond donors (Lipinski definition) is 4. The number of amides is 1. The Hall–Kier alpha value is -5.28. The quantitative estimate of drug-likeness (QED) is 0.193. The van der Waals surface area contributed by atoms with Crippen molar-refractivity contribution < 1.29 is 24.2 Å². The van der Waals surface area contributed by atoms with Gasteiger partial charge in [0.2, 0.25) is 11.6 Å². The highest BCUT2D eigenvalue weighted by Crippen LogP contribution is 2.43. The summed E-state index contributed by atoms with van der Waals surface area (Å²) in [5.41, 5.74) is 4.14. The summed E-state index contributed by atoms with van der Waals surface area (Å²) in [6, 6.07) is 25.9. The van der Waals surface area contributed by atoms with E-state index in [-0.39, 0.29) is 6.61 Å². The molecule has 0 radical (unpaired) electrons. The van der Waals surface area contributed by atoms with Crippen molar-refractivity contribution in [1.29, 1.82) is 0 Å². The van der Waals surface area contributed by atoms with Crippen molar-refractivity contribution in [1.82, 2.24) is 9.97 Å². The number of carboxylic acid groups (broad SMARTS) is 1. The molecule has 1 amide bonds. The van der Waals surface area contributed by atoms with Gasteiger partial charge in [-0.1, -0.05) is 72.8 Å². The predicted octanol–water partition coefficient (Wildman–Crippen LogP) is 5.28. The Balaban J connectivity index is 1.59. The Kier molecular flexibility index (Phi) is 7.42. The normalized spacial score (nSPS) is 11.9. The van der Waals surface area contributed by atoms with E-state index in [0.717, 1.165) is 34.4 Å². The summed E-state index contributed by atoms with van der Waals surface area (Å²) in [4.78, 5) is 31.6. The number of rotatable bonds is 9. The summed E-state index contributed by atoms with van der Waals surface area (Å²) >= 11 is 0. The topological polar surface area (TPSA) is 138 Å². The first kappa shape index (κ1) is 25.4. The number of nitrogens with one attached hydrogen (secondary N) is 2. The summed E-state index contributed by atoms with van der Waals surface area (Å²) in [6.07, 6.45) is 3.14. The highest BCUT2D eigenvalue weighted by Gasteiger charge is 2.23. The number of nitrogens with zero attached hydrogens (tertiary/aromatic N) is 2. The van der Waals surface area contributed by atoms with Crippen molar-refractivity contribution in [3.8, 4) is 22.5 Å². The van der Waals surface area contributed by atoms with Gasteiger partial charge in [-0.05, 0) is 23.3 Å². The van der Waals surface area contributed by atoms with Gasteiger partial charge in [0.05, 0.1) is 18.0 Å². The molecule has 9 nitrogen and oxygen atoms in total. The lowest BCUT2D eigenvalue weighted by Gasteiger charge is -2.18. The fourth-order valence-corrected chi connectivity index (χ4v) is 4.25. The molecule has 1 atom stereocenters. The van der Waals surface area contributed by atoms with Crippen molar-refractivity contribution >= 4 is 34.5 Å². The van der Waals surface area contributed by atoms with Gasteiger partial charge in [-0.3, -0.25) is 4.79 Å². The third kappa shape index (κ3) is 5.68. The Morgan fingerprint density at radius 1 is 0.872 bits per heavy atom. The van der Waals surface area contributed by atoms with Gasteiger partial charge >= 0.3 is 5.97 Å². The molecule has 5 aromatic rings. The van der Waals surface area contributed by atoms with Crippen LogP contribution in [0.15, 0.2) is 108 Å². The van der Waals surface area contributed by atoms with E-state index >= 15 is 0 Å². The first-order valence-electron chi connectivity index (χ1n) is 12.1. The molecule has 0 saturated carbocycles. The highest BCUT2D eigenvalue weighted by molar-refractivity contribution is 6.06. The van der Waals surface area contributed by atoms with Crippen molar-refractivity contribution in [2.24, 2.45) is 0 Å². The molecule has 9 heteroatoms. The Labute approximate surface area is 223 Å². The minimum absolute atomic E-state index is 0.154. The van der Waals surface area contributed by atoms with Crippen LogP contribution < -0.4 is 10.6 Å². The molecular formula is C30H24N4O5. The number of aromatic nitrogens is 2. The molecule has 194 valence electrons. The van der Waals surface area contributed by atoms with Crippen LogP contribution in [-0.4, -0.2) is 38.7 Å². The number of carboxylic acids is 1. The van der Waals surface area contributed by atoms with Gasteiger partial charge in [0.15, 0.2) is 0 Å². The van der Waals surface area contributed by atoms with Crippen LogP contribution in [0.25, 0.3) is 33.6 Å². The van der Waals surface area contributed by atoms with Crippen LogP contribution in [0.1, 0.15) is 11.6 Å². The number of carbonyl (C=O) groups excluding carboxylic acids is 1. The standard InChI is InChI=1S/C30H24N4O5/c35-17-23(19-7-3-1-4-8-19)34-29-27-26(20-11-13-22(14-12-20)33-24(36)15-16-25(37)38)28(21-9-5-2-6-10-21)39-30(27)32-18-31-29/h1-16,18,23,35H,17H2,(H,33,36)(H,37,38)(H,31,32,34). The van der Waals surface area contributed by atoms with Crippen molar-refractivity contribution in [2.45, 2.75) is 6.04 Å². The molecule has 0 aliphatic rings. The molecule has 1 unspecified atom stereocenters. The maximum absolute atomic E-state index is 12.0. The van der Waals surface area contributed by atoms with Crippen LogP contribution in [0.5, 0.6) is 0 Å². The average Bonchev–Trinajstić information content (AvgIpc) is 3.37. The Morgan fingerprint density at radius 2 is 1.56 bits per heavy atom. The second-order valence-electron chi connectivity index (χ2n) is 8.60. The van der Waals surface area contributed by atoms with Crippen LogP contribution in [0.2, 0.25) is 0 Å². The number of hydrogen-bond acceptors (Lipinski definition) is 7. The third-order valence-electron chi connectivity index (χ3n) is 6.04. The number of anilines is 2. The van der Waals surface area contributed by atoms with E-state index in [1.807, 2.05) is 72.8 Å². The van der Waals surface area contributed by atoms with E-state index in [4.69, 9.17) is 9.52 Å². The Morgan fingerprint density at radius 3 is 2.23 bits per heavy atom. The SMILES string of the molecule is O=C(O)C=CC(=O)Nc1ccc(-c2c(-c3ccccc3)oc3ncnc(NC(CO)c4ccccc4)c23)cc1. The number of aliphatic hydroxyl groups excluding tert-OH is 1. The second kappa shape index (κ2) is 11.4. The number of benzene rings is 3. The first-order chi connectivity index (χ1) is 19.0. The fraction of sp³-hybridized carbons (Fsp3) is 0.0667. The second-order valence-corrected chi connectivity index (χ2v) is 8.60. The summed E-state index contributed by atoms with van der Waals surface area (Å²) in [5.74, 6) is -0.668. The molecule has 4 N–H and O–H groups in total. The lowest BCUT2D eigenvalue weighted by Crippen LogP contribution is -2.15. The number of furan rings is 1. The molecule has 0 fully saturated rings. The summed E-state index contributed by atoms with van der Waals surface area (Å²) in [5, 5.41) is 25.5. The monoisotopic (exact) mass is 520 g/mol. The van der Waals surface area contributed by atoms with Gasteiger partial charge in [0.1, 0.15) is 17.9 Å². The highest BCUT2D eigenvalue weighted by atomic mass is 16.4. The molecular weight excluding hydrogens is 496 g/mol. The van der Waals surface area contributed by atoms with Crippen LogP contribution >= 0.6 is 0 Å². The van der Waals surface area contributed by atoms with Gasteiger partial charge < -0.3 is 25.3 Å². The van der Waals surface area contributed by atoms with Crippen molar-refractivity contribution in [3.05, 3.63) is 109 Å². The van der Waals surface area contributed by atoms with Gasteiger partial charge in [0.25, 0.3) is 0 Å². The van der Waals surface area contributed by atoms with E-state index in [2.05, 4.69) is 20.6 Å². The van der Waals surface area contributed by atoms with E-state index in [0.29, 0.717) is 28.4 Å². The van der Waals surface area contributed by atoms with E-state index in [1.165, 1.54) is 6.33 Å². The van der Waals surface area contributed by atoms with E-state index < -0.39 is 17.9 Å². The molecule has 3 aromatic carbocycles. The third-order valence-corrected chi connectivity index (χ3v) is 6.04. The number of fused-ring (bicyclic) bond motifs is 1. The summed E-state index contributed by atoms with van der Waals surface area (Å²) in [6.45, 7) is -0.154. The van der Waals surface area contributed by atoms with Crippen LogP contribution in [-0.2, 0) is 9.59 Å². The molecule has 0 aliphatic carbocycles. The molecule has 2 heterocycles. The maximum Gasteiger partial charge on any atom is 0.328 e. The van der Waals surface area contributed by atoms with Gasteiger partial charge in [0, 0.05) is 29.0 Å². The van der Waals surface area contributed by atoms with Crippen molar-refractivity contribution in [2.75, 3.05) is 17.2 Å². The number of aliphatic hydroxyl groups is 1. The van der Waals surface area contributed by atoms with Crippen molar-refractivity contribution in [3.63, 3.8) is 0 Å². The average molecular weight is 521 g/mol. The van der Waals surface area contributed by atoms with E-state index in [1.54, 1.807) is 12.1 Å². The molecule has 39 heavy (non-hydrogen) atoms. The molecule has 5 rings (SSSR count). The van der Waals surface area contributed by atoms with Crippen LogP contribution in [0.3, 0.4) is 0 Å².